The molecule has 1 aliphatic rings. The average molecular weight is 495 g/mol. The number of carboxylic acids is 2. The summed E-state index contributed by atoms with van der Waals surface area (Å²) in [4.78, 5) is 67.9. The first-order chi connectivity index (χ1) is 16.6. The zero-order chi connectivity index (χ0) is 26.0. The average Bonchev–Trinajstić information content (AvgIpc) is 3.49. The van der Waals surface area contributed by atoms with Gasteiger partial charge >= 0.3 is 11.9 Å². The number of aliphatic carboxylic acids is 2. The number of carbonyl (C=O) groups excluding carboxylic acids is 3. The molecule has 1 aromatic heterocycles. The second-order valence-corrected chi connectivity index (χ2v) is 9.01. The van der Waals surface area contributed by atoms with E-state index >= 15 is 0 Å². The second kappa shape index (κ2) is 13.4. The molecule has 0 aliphatic carbocycles. The van der Waals surface area contributed by atoms with Crippen molar-refractivity contribution in [2.24, 2.45) is 5.92 Å². The van der Waals surface area contributed by atoms with E-state index in [-0.39, 0.29) is 31.6 Å². The Morgan fingerprint density at radius 1 is 1.06 bits per heavy atom. The first kappa shape index (κ1) is 27.8. The monoisotopic (exact) mass is 494 g/mol. The van der Waals surface area contributed by atoms with Gasteiger partial charge in [0.05, 0.1) is 12.4 Å². The van der Waals surface area contributed by atoms with Crippen molar-refractivity contribution in [2.45, 2.75) is 76.5 Å². The molecule has 1 aromatic rings. The van der Waals surface area contributed by atoms with E-state index in [4.69, 9.17) is 5.11 Å². The maximum Gasteiger partial charge on any atom is 0.326 e. The van der Waals surface area contributed by atoms with E-state index in [1.54, 1.807) is 0 Å². The number of imidazole rings is 1. The van der Waals surface area contributed by atoms with Crippen LogP contribution in [0.5, 0.6) is 0 Å². The quantitative estimate of drug-likeness (QED) is 0.172. The predicted molar refractivity (Wildman–Crippen MR) is 123 cm³/mol. The summed E-state index contributed by atoms with van der Waals surface area (Å²) in [7, 11) is 0. The Morgan fingerprint density at radius 3 is 2.29 bits per heavy atom. The molecule has 0 aromatic carbocycles. The van der Waals surface area contributed by atoms with E-state index in [1.165, 1.54) is 12.5 Å². The fourth-order valence-electron chi connectivity index (χ4n) is 3.78. The van der Waals surface area contributed by atoms with Crippen molar-refractivity contribution >= 4 is 29.7 Å². The number of amides is 3. The largest absolute Gasteiger partial charge is 0.481 e. The van der Waals surface area contributed by atoms with Crippen LogP contribution >= 0.6 is 0 Å². The Hall–Kier alpha value is -3.48. The van der Waals surface area contributed by atoms with Crippen molar-refractivity contribution in [3.63, 3.8) is 0 Å². The molecule has 194 valence electrons. The van der Waals surface area contributed by atoms with Crippen molar-refractivity contribution in [1.29, 1.82) is 0 Å². The molecule has 2 heterocycles. The predicted octanol–water partition coefficient (Wildman–Crippen LogP) is -0.846. The Bertz CT molecular complexity index is 883. The zero-order valence-electron chi connectivity index (χ0n) is 19.9. The number of hydrogen-bond acceptors (Lipinski definition) is 7. The number of aromatic amines is 1. The molecule has 0 radical (unpaired) electrons. The minimum Gasteiger partial charge on any atom is -0.481 e. The van der Waals surface area contributed by atoms with Crippen LogP contribution in [0.4, 0.5) is 0 Å². The zero-order valence-corrected chi connectivity index (χ0v) is 19.9. The van der Waals surface area contributed by atoms with Crippen LogP contribution in [0.3, 0.4) is 0 Å². The van der Waals surface area contributed by atoms with Gasteiger partial charge in [0, 0.05) is 24.7 Å². The Morgan fingerprint density at radius 2 is 1.74 bits per heavy atom. The first-order valence-corrected chi connectivity index (χ1v) is 11.6. The second-order valence-electron chi connectivity index (χ2n) is 9.01. The number of H-pyrrole nitrogens is 1. The normalized spacial score (nSPS) is 17.9. The van der Waals surface area contributed by atoms with Gasteiger partial charge in [0.25, 0.3) is 0 Å². The molecule has 2 rings (SSSR count). The minimum absolute atomic E-state index is 0.0308. The van der Waals surface area contributed by atoms with E-state index in [1.807, 2.05) is 13.8 Å². The third kappa shape index (κ3) is 9.35. The lowest BCUT2D eigenvalue weighted by Crippen LogP contribution is -2.57. The highest BCUT2D eigenvalue weighted by Crippen LogP contribution is 2.10. The number of rotatable bonds is 14. The van der Waals surface area contributed by atoms with Crippen LogP contribution in [0.15, 0.2) is 12.5 Å². The van der Waals surface area contributed by atoms with E-state index in [2.05, 4.69) is 31.2 Å². The van der Waals surface area contributed by atoms with Crippen molar-refractivity contribution in [3.05, 3.63) is 18.2 Å². The molecular formula is C22H34N6O7. The van der Waals surface area contributed by atoms with Gasteiger partial charge in [-0.25, -0.2) is 9.78 Å². The molecule has 1 aliphatic heterocycles. The SMILES string of the molecule is CC(C)CC(NC(=O)C(CCC(=O)O)NC(=O)C1CCCN1)C(=O)NC(Cc1cnc[nH]1)C(=O)O. The smallest absolute Gasteiger partial charge is 0.326 e. The lowest BCUT2D eigenvalue weighted by Gasteiger charge is -2.26. The lowest BCUT2D eigenvalue weighted by atomic mass is 10.0. The van der Waals surface area contributed by atoms with Gasteiger partial charge in [-0.2, -0.15) is 0 Å². The molecule has 7 N–H and O–H groups in total. The Kier molecular flexibility index (Phi) is 10.6. The van der Waals surface area contributed by atoms with Gasteiger partial charge in [0.15, 0.2) is 0 Å². The van der Waals surface area contributed by atoms with Crippen LogP contribution in [0.2, 0.25) is 0 Å². The fraction of sp³-hybridized carbons (Fsp3) is 0.636. The van der Waals surface area contributed by atoms with Crippen molar-refractivity contribution in [2.75, 3.05) is 6.54 Å². The minimum atomic E-state index is -1.26. The summed E-state index contributed by atoms with van der Waals surface area (Å²) in [6, 6.07) is -3.97. The van der Waals surface area contributed by atoms with Crippen molar-refractivity contribution in [1.82, 2.24) is 31.2 Å². The maximum atomic E-state index is 13.0. The molecule has 0 bridgehead atoms. The third-order valence-corrected chi connectivity index (χ3v) is 5.59. The fourth-order valence-corrected chi connectivity index (χ4v) is 3.78. The van der Waals surface area contributed by atoms with Gasteiger partial charge in [0.1, 0.15) is 18.1 Å². The molecule has 1 fully saturated rings. The van der Waals surface area contributed by atoms with E-state index in [9.17, 15) is 29.1 Å². The molecule has 0 spiro atoms. The van der Waals surface area contributed by atoms with Gasteiger partial charge in [0.2, 0.25) is 17.7 Å². The summed E-state index contributed by atoms with van der Waals surface area (Å²) in [5, 5.41) is 29.2. The Labute approximate surface area is 202 Å². The molecule has 4 atom stereocenters. The van der Waals surface area contributed by atoms with Crippen LogP contribution in [0.1, 0.15) is 51.6 Å². The van der Waals surface area contributed by atoms with Crippen LogP contribution in [0, 0.1) is 5.92 Å². The van der Waals surface area contributed by atoms with Crippen LogP contribution in [0.25, 0.3) is 0 Å². The Balaban J connectivity index is 2.10. The maximum absolute atomic E-state index is 13.0. The van der Waals surface area contributed by atoms with Gasteiger partial charge in [-0.3, -0.25) is 19.2 Å². The highest BCUT2D eigenvalue weighted by Gasteiger charge is 2.32. The summed E-state index contributed by atoms with van der Waals surface area (Å²) in [5.74, 6) is -4.23. The van der Waals surface area contributed by atoms with E-state index < -0.39 is 53.8 Å². The van der Waals surface area contributed by atoms with E-state index in [0.29, 0.717) is 18.7 Å². The molecule has 13 nitrogen and oxygen atoms in total. The molecule has 1 saturated heterocycles. The van der Waals surface area contributed by atoms with Crippen molar-refractivity contribution in [3.8, 4) is 0 Å². The molecule has 13 heteroatoms. The standard InChI is InChI=1S/C22H34N6O7/c1-12(2)8-16(21(33)28-17(22(34)35)9-13-10-23-11-25-13)27-20(32)15(5-6-18(29)30)26-19(31)14-4-3-7-24-14/h10-12,14-17,24H,3-9H2,1-2H3,(H,23,25)(H,26,31)(H,27,32)(H,28,33)(H,29,30)(H,34,35). The van der Waals surface area contributed by atoms with Crippen LogP contribution < -0.4 is 21.3 Å². The highest BCUT2D eigenvalue weighted by atomic mass is 16.4. The van der Waals surface area contributed by atoms with E-state index in [0.717, 1.165) is 6.42 Å². The van der Waals surface area contributed by atoms with Gasteiger partial charge in [-0.05, 0) is 38.1 Å². The topological polar surface area (TPSA) is 203 Å². The van der Waals surface area contributed by atoms with Gasteiger partial charge < -0.3 is 36.5 Å². The van der Waals surface area contributed by atoms with Gasteiger partial charge in [-0.15, -0.1) is 0 Å². The summed E-state index contributed by atoms with van der Waals surface area (Å²) in [5.41, 5.74) is 0.513. The van der Waals surface area contributed by atoms with Crippen molar-refractivity contribution < 1.29 is 34.2 Å². The summed E-state index contributed by atoms with van der Waals surface area (Å²) < 4.78 is 0. The molecule has 3 amide bonds. The number of aromatic nitrogens is 2. The third-order valence-electron chi connectivity index (χ3n) is 5.59. The number of hydrogen-bond donors (Lipinski definition) is 7. The molecule has 4 unspecified atom stereocenters. The number of nitrogens with one attached hydrogen (secondary N) is 5. The highest BCUT2D eigenvalue weighted by molar-refractivity contribution is 5.94. The number of carbonyl (C=O) groups is 5. The summed E-state index contributed by atoms with van der Waals surface area (Å²) in [6.07, 6.45) is 3.91. The molecule has 0 saturated carbocycles. The number of carboxylic acid groups (broad SMARTS) is 2. The molecule has 35 heavy (non-hydrogen) atoms. The summed E-state index contributed by atoms with van der Waals surface area (Å²) in [6.45, 7) is 4.34. The number of nitrogens with zero attached hydrogens (tertiary/aromatic N) is 1. The molecular weight excluding hydrogens is 460 g/mol. The summed E-state index contributed by atoms with van der Waals surface area (Å²) >= 11 is 0. The van der Waals surface area contributed by atoms with Crippen LogP contribution in [-0.2, 0) is 30.4 Å². The first-order valence-electron chi connectivity index (χ1n) is 11.6. The lowest BCUT2D eigenvalue weighted by molar-refractivity contribution is -0.142. The van der Waals surface area contributed by atoms with Crippen LogP contribution in [-0.4, -0.2) is 80.6 Å². The van der Waals surface area contributed by atoms with Gasteiger partial charge in [-0.1, -0.05) is 13.8 Å².